The Morgan fingerprint density at radius 1 is 1.04 bits per heavy atom. The Bertz CT molecular complexity index is 699. The standard InChI is InChI=1S/C19H24N4O/c1-13(2)21-12-19(24)23-18-10-6-16(7-11-18)15-4-8-17(9-5-15)22-14(3)20/h4-11,13,21H,12H2,1-3H3,(H2,20,22)(H,23,24). The first-order valence-electron chi connectivity index (χ1n) is 7.98. The molecule has 0 bridgehead atoms. The number of carbonyl (C=O) groups excluding carboxylic acids is 1. The van der Waals surface area contributed by atoms with E-state index in [1.54, 1.807) is 6.92 Å². The number of rotatable bonds is 6. The average Bonchev–Trinajstić information content (AvgIpc) is 2.54. The second kappa shape index (κ2) is 8.26. The van der Waals surface area contributed by atoms with Gasteiger partial charge in [-0.1, -0.05) is 38.1 Å². The second-order valence-electron chi connectivity index (χ2n) is 5.96. The number of nitrogens with two attached hydrogens (primary N) is 1. The molecule has 2 aromatic carbocycles. The molecule has 5 nitrogen and oxygen atoms in total. The monoisotopic (exact) mass is 324 g/mol. The van der Waals surface area contributed by atoms with Gasteiger partial charge in [-0.3, -0.25) is 4.79 Å². The van der Waals surface area contributed by atoms with Gasteiger partial charge in [0.05, 0.1) is 18.1 Å². The Labute approximate surface area is 143 Å². The van der Waals surface area contributed by atoms with Crippen LogP contribution in [0.15, 0.2) is 53.5 Å². The Kier molecular flexibility index (Phi) is 6.09. The maximum Gasteiger partial charge on any atom is 0.238 e. The Morgan fingerprint density at radius 2 is 1.58 bits per heavy atom. The van der Waals surface area contributed by atoms with Crippen molar-refractivity contribution in [3.8, 4) is 11.1 Å². The highest BCUT2D eigenvalue weighted by molar-refractivity contribution is 5.92. The summed E-state index contributed by atoms with van der Waals surface area (Å²) in [5.74, 6) is 0.491. The summed E-state index contributed by atoms with van der Waals surface area (Å²) < 4.78 is 0. The summed E-state index contributed by atoms with van der Waals surface area (Å²) in [6, 6.07) is 15.9. The summed E-state index contributed by atoms with van der Waals surface area (Å²) in [4.78, 5) is 16.0. The van der Waals surface area contributed by atoms with E-state index in [1.807, 2.05) is 62.4 Å². The maximum absolute atomic E-state index is 11.8. The van der Waals surface area contributed by atoms with E-state index in [0.717, 1.165) is 22.5 Å². The third-order valence-electron chi connectivity index (χ3n) is 3.35. The van der Waals surface area contributed by atoms with Gasteiger partial charge in [0, 0.05) is 11.7 Å². The molecule has 0 spiro atoms. The minimum absolute atomic E-state index is 0.0455. The number of nitrogens with one attached hydrogen (secondary N) is 2. The average molecular weight is 324 g/mol. The largest absolute Gasteiger partial charge is 0.387 e. The summed E-state index contributed by atoms with van der Waals surface area (Å²) in [7, 11) is 0. The van der Waals surface area contributed by atoms with Gasteiger partial charge in [0.25, 0.3) is 0 Å². The van der Waals surface area contributed by atoms with Crippen LogP contribution < -0.4 is 16.4 Å². The first kappa shape index (κ1) is 17.7. The summed E-state index contributed by atoms with van der Waals surface area (Å²) >= 11 is 0. The highest BCUT2D eigenvalue weighted by Gasteiger charge is 2.04. The molecule has 2 rings (SSSR count). The Balaban J connectivity index is 2.01. The van der Waals surface area contributed by atoms with Gasteiger partial charge in [-0.25, -0.2) is 4.99 Å². The normalized spacial score (nSPS) is 11.6. The van der Waals surface area contributed by atoms with Crippen LogP contribution in [0.2, 0.25) is 0 Å². The van der Waals surface area contributed by atoms with Gasteiger partial charge in [0.1, 0.15) is 0 Å². The van der Waals surface area contributed by atoms with Gasteiger partial charge >= 0.3 is 0 Å². The number of aliphatic imine (C=N–C) groups is 1. The summed E-state index contributed by atoms with van der Waals surface area (Å²) in [6.45, 7) is 6.08. The number of nitrogens with zero attached hydrogens (tertiary/aromatic N) is 1. The molecule has 0 heterocycles. The molecule has 126 valence electrons. The van der Waals surface area contributed by atoms with E-state index in [1.165, 1.54) is 0 Å². The third-order valence-corrected chi connectivity index (χ3v) is 3.35. The van der Waals surface area contributed by atoms with E-state index in [-0.39, 0.29) is 11.9 Å². The molecule has 0 radical (unpaired) electrons. The topological polar surface area (TPSA) is 79.5 Å². The van der Waals surface area contributed by atoms with Crippen molar-refractivity contribution < 1.29 is 4.79 Å². The minimum Gasteiger partial charge on any atom is -0.387 e. The Hall–Kier alpha value is -2.66. The number of hydrogen-bond acceptors (Lipinski definition) is 3. The fourth-order valence-electron chi connectivity index (χ4n) is 2.18. The van der Waals surface area contributed by atoms with Crippen molar-refractivity contribution in [2.24, 2.45) is 10.7 Å². The minimum atomic E-state index is -0.0455. The fourth-order valence-corrected chi connectivity index (χ4v) is 2.18. The van der Waals surface area contributed by atoms with Crippen LogP contribution in [0.3, 0.4) is 0 Å². The predicted octanol–water partition coefficient (Wildman–Crippen LogP) is 3.30. The van der Waals surface area contributed by atoms with Crippen molar-refractivity contribution in [3.05, 3.63) is 48.5 Å². The van der Waals surface area contributed by atoms with Gasteiger partial charge in [-0.2, -0.15) is 0 Å². The van der Waals surface area contributed by atoms with Crippen LogP contribution in [-0.2, 0) is 4.79 Å². The molecule has 5 heteroatoms. The lowest BCUT2D eigenvalue weighted by molar-refractivity contribution is -0.115. The molecule has 0 aromatic heterocycles. The first-order chi connectivity index (χ1) is 11.4. The lowest BCUT2D eigenvalue weighted by Crippen LogP contribution is -2.32. The predicted molar refractivity (Wildman–Crippen MR) is 101 cm³/mol. The second-order valence-corrected chi connectivity index (χ2v) is 5.96. The number of hydrogen-bond donors (Lipinski definition) is 3. The van der Waals surface area contributed by atoms with Crippen LogP contribution in [0.25, 0.3) is 11.1 Å². The molecule has 0 saturated carbocycles. The highest BCUT2D eigenvalue weighted by atomic mass is 16.1. The van der Waals surface area contributed by atoms with Gasteiger partial charge in [0.15, 0.2) is 0 Å². The van der Waals surface area contributed by atoms with Crippen molar-refractivity contribution >= 4 is 23.1 Å². The van der Waals surface area contributed by atoms with Crippen molar-refractivity contribution in [1.82, 2.24) is 5.32 Å². The van der Waals surface area contributed by atoms with E-state index in [2.05, 4.69) is 15.6 Å². The zero-order valence-corrected chi connectivity index (χ0v) is 14.3. The molecule has 0 saturated heterocycles. The molecule has 0 unspecified atom stereocenters. The smallest absolute Gasteiger partial charge is 0.238 e. The lowest BCUT2D eigenvalue weighted by atomic mass is 10.1. The molecular weight excluding hydrogens is 300 g/mol. The summed E-state index contributed by atoms with van der Waals surface area (Å²) in [6.07, 6.45) is 0. The van der Waals surface area contributed by atoms with Gasteiger partial charge in [-0.05, 0) is 42.3 Å². The molecule has 0 aliphatic carbocycles. The molecule has 2 aromatic rings. The molecule has 0 aliphatic rings. The number of amides is 1. The van der Waals surface area contributed by atoms with Crippen molar-refractivity contribution in [3.63, 3.8) is 0 Å². The molecule has 4 N–H and O–H groups in total. The summed E-state index contributed by atoms with van der Waals surface area (Å²) in [5.41, 5.74) is 9.36. The van der Waals surface area contributed by atoms with Crippen molar-refractivity contribution in [1.29, 1.82) is 0 Å². The number of carbonyl (C=O) groups is 1. The molecule has 0 aliphatic heterocycles. The maximum atomic E-state index is 11.8. The molecule has 24 heavy (non-hydrogen) atoms. The van der Waals surface area contributed by atoms with E-state index < -0.39 is 0 Å². The van der Waals surface area contributed by atoms with Crippen LogP contribution in [0, 0.1) is 0 Å². The Morgan fingerprint density at radius 3 is 2.08 bits per heavy atom. The third kappa shape index (κ3) is 5.52. The van der Waals surface area contributed by atoms with Crippen molar-refractivity contribution in [2.75, 3.05) is 11.9 Å². The van der Waals surface area contributed by atoms with Crippen molar-refractivity contribution in [2.45, 2.75) is 26.8 Å². The summed E-state index contributed by atoms with van der Waals surface area (Å²) in [5, 5.41) is 5.96. The SMILES string of the molecule is CC(N)=Nc1ccc(-c2ccc(NC(=O)CNC(C)C)cc2)cc1. The van der Waals surface area contributed by atoms with Gasteiger partial charge < -0.3 is 16.4 Å². The molecule has 1 amide bonds. The zero-order valence-electron chi connectivity index (χ0n) is 14.3. The van der Waals surface area contributed by atoms with Crippen LogP contribution in [-0.4, -0.2) is 24.3 Å². The van der Waals surface area contributed by atoms with Gasteiger partial charge in [-0.15, -0.1) is 0 Å². The first-order valence-corrected chi connectivity index (χ1v) is 7.98. The van der Waals surface area contributed by atoms with Crippen LogP contribution >= 0.6 is 0 Å². The zero-order chi connectivity index (χ0) is 17.5. The molecular formula is C19H24N4O. The number of amidine groups is 1. The van der Waals surface area contributed by atoms with E-state index in [9.17, 15) is 4.79 Å². The highest BCUT2D eigenvalue weighted by Crippen LogP contribution is 2.24. The number of anilines is 1. The number of benzene rings is 2. The van der Waals surface area contributed by atoms with E-state index >= 15 is 0 Å². The molecule has 0 atom stereocenters. The van der Waals surface area contributed by atoms with Crippen LogP contribution in [0.1, 0.15) is 20.8 Å². The van der Waals surface area contributed by atoms with E-state index in [4.69, 9.17) is 5.73 Å². The lowest BCUT2D eigenvalue weighted by Gasteiger charge is -2.09. The fraction of sp³-hybridized carbons (Fsp3) is 0.263. The van der Waals surface area contributed by atoms with Gasteiger partial charge in [0.2, 0.25) is 5.91 Å². The van der Waals surface area contributed by atoms with Crippen LogP contribution in [0.4, 0.5) is 11.4 Å². The van der Waals surface area contributed by atoms with E-state index in [0.29, 0.717) is 12.4 Å². The quantitative estimate of drug-likeness (QED) is 0.563. The molecule has 0 fully saturated rings. The van der Waals surface area contributed by atoms with Crippen LogP contribution in [0.5, 0.6) is 0 Å².